The Labute approximate surface area is 116 Å². The van der Waals surface area contributed by atoms with Crippen LogP contribution in [0.5, 0.6) is 0 Å². The number of aromatic nitrogens is 1. The molecule has 2 rings (SSSR count). The predicted octanol–water partition coefficient (Wildman–Crippen LogP) is 3.19. The van der Waals surface area contributed by atoms with Crippen LogP contribution in [0.25, 0.3) is 0 Å². The molecule has 0 saturated heterocycles. The molecule has 0 radical (unpaired) electrons. The van der Waals surface area contributed by atoms with Crippen LogP contribution in [0.2, 0.25) is 5.15 Å². The number of amides is 1. The van der Waals surface area contributed by atoms with Gasteiger partial charge in [-0.05, 0) is 37.6 Å². The Kier molecular flexibility index (Phi) is 3.71. The molecule has 1 aromatic carbocycles. The molecule has 19 heavy (non-hydrogen) atoms. The summed E-state index contributed by atoms with van der Waals surface area (Å²) in [5, 5.41) is 2.98. The van der Waals surface area contributed by atoms with Gasteiger partial charge < -0.3 is 11.1 Å². The minimum Gasteiger partial charge on any atom is -0.398 e. The Morgan fingerprint density at radius 1 is 1.26 bits per heavy atom. The molecule has 1 heterocycles. The Morgan fingerprint density at radius 2 is 2.00 bits per heavy atom. The van der Waals surface area contributed by atoms with E-state index in [9.17, 15) is 4.79 Å². The molecule has 4 nitrogen and oxygen atoms in total. The van der Waals surface area contributed by atoms with Gasteiger partial charge in [-0.1, -0.05) is 23.2 Å². The van der Waals surface area contributed by atoms with Crippen molar-refractivity contribution in [3.63, 3.8) is 0 Å². The zero-order chi connectivity index (χ0) is 14.0. The number of rotatable bonds is 2. The van der Waals surface area contributed by atoms with Gasteiger partial charge in [0.2, 0.25) is 0 Å². The van der Waals surface area contributed by atoms with Crippen LogP contribution in [-0.4, -0.2) is 10.9 Å². The molecule has 5 heteroatoms. The highest BCUT2D eigenvalue weighted by atomic mass is 35.5. The van der Waals surface area contributed by atoms with Crippen LogP contribution in [0.3, 0.4) is 0 Å². The monoisotopic (exact) mass is 275 g/mol. The van der Waals surface area contributed by atoms with Crippen LogP contribution in [0.15, 0.2) is 30.5 Å². The van der Waals surface area contributed by atoms with Crippen molar-refractivity contribution in [3.05, 3.63) is 52.3 Å². The Balaban J connectivity index is 2.30. The number of aryl methyl sites for hydroxylation is 2. The first-order chi connectivity index (χ1) is 8.97. The van der Waals surface area contributed by atoms with E-state index in [2.05, 4.69) is 10.3 Å². The molecular weight excluding hydrogens is 262 g/mol. The second kappa shape index (κ2) is 5.28. The third kappa shape index (κ3) is 3.03. The van der Waals surface area contributed by atoms with E-state index in [0.717, 1.165) is 11.1 Å². The zero-order valence-corrected chi connectivity index (χ0v) is 11.5. The van der Waals surface area contributed by atoms with E-state index in [1.54, 1.807) is 24.4 Å². The largest absolute Gasteiger partial charge is 0.398 e. The van der Waals surface area contributed by atoms with E-state index >= 15 is 0 Å². The van der Waals surface area contributed by atoms with Crippen LogP contribution in [0.4, 0.5) is 11.4 Å². The Hall–Kier alpha value is -2.07. The lowest BCUT2D eigenvalue weighted by Crippen LogP contribution is -2.15. The number of nitrogens with one attached hydrogen (secondary N) is 1. The van der Waals surface area contributed by atoms with Gasteiger partial charge in [-0.25, -0.2) is 4.98 Å². The van der Waals surface area contributed by atoms with Crippen LogP contribution in [-0.2, 0) is 0 Å². The highest BCUT2D eigenvalue weighted by Gasteiger charge is 2.12. The highest BCUT2D eigenvalue weighted by Crippen LogP contribution is 2.22. The third-order valence-corrected chi connectivity index (χ3v) is 2.98. The summed E-state index contributed by atoms with van der Waals surface area (Å²) >= 11 is 5.94. The van der Waals surface area contributed by atoms with Crippen molar-refractivity contribution in [3.8, 4) is 0 Å². The molecule has 0 bridgehead atoms. The lowest BCUT2D eigenvalue weighted by molar-refractivity contribution is 0.102. The third-order valence-electron chi connectivity index (χ3n) is 2.68. The maximum Gasteiger partial charge on any atom is 0.257 e. The summed E-state index contributed by atoms with van der Waals surface area (Å²) in [6.07, 6.45) is 1.64. The van der Waals surface area contributed by atoms with Crippen molar-refractivity contribution in [2.45, 2.75) is 13.8 Å². The molecule has 0 aliphatic heterocycles. The number of halogens is 1. The maximum atomic E-state index is 12.2. The fourth-order valence-corrected chi connectivity index (χ4v) is 1.85. The van der Waals surface area contributed by atoms with Crippen molar-refractivity contribution in [2.75, 3.05) is 11.1 Å². The maximum absolute atomic E-state index is 12.2. The van der Waals surface area contributed by atoms with E-state index in [1.807, 2.05) is 19.9 Å². The number of anilines is 2. The highest BCUT2D eigenvalue weighted by molar-refractivity contribution is 6.32. The van der Waals surface area contributed by atoms with Gasteiger partial charge in [-0.3, -0.25) is 4.79 Å². The Bertz CT molecular complexity index is 641. The first-order valence-corrected chi connectivity index (χ1v) is 6.15. The summed E-state index contributed by atoms with van der Waals surface area (Å²) in [7, 11) is 0. The van der Waals surface area contributed by atoms with Gasteiger partial charge in [-0.2, -0.15) is 0 Å². The van der Waals surface area contributed by atoms with Crippen LogP contribution in [0.1, 0.15) is 21.5 Å². The molecular formula is C14H14ClN3O. The van der Waals surface area contributed by atoms with Crippen molar-refractivity contribution >= 4 is 28.9 Å². The molecule has 0 spiro atoms. The normalized spacial score (nSPS) is 10.3. The predicted molar refractivity (Wildman–Crippen MR) is 77.5 cm³/mol. The number of nitrogens with two attached hydrogens (primary N) is 1. The minimum absolute atomic E-state index is 0.255. The van der Waals surface area contributed by atoms with E-state index in [4.69, 9.17) is 17.3 Å². The summed E-state index contributed by atoms with van der Waals surface area (Å²) in [4.78, 5) is 16.2. The fraction of sp³-hybridized carbons (Fsp3) is 0.143. The molecule has 2 aromatic rings. The number of carbonyl (C=O) groups is 1. The smallest absolute Gasteiger partial charge is 0.257 e. The molecule has 3 N–H and O–H groups in total. The SMILES string of the molecule is Cc1cnc(Cl)c(NC(=O)c2cc(C)ccc2N)c1. The minimum atomic E-state index is -0.296. The first-order valence-electron chi connectivity index (χ1n) is 5.77. The average molecular weight is 276 g/mol. The molecule has 0 unspecified atom stereocenters. The fourth-order valence-electron chi connectivity index (χ4n) is 1.70. The first kappa shape index (κ1) is 13.4. The topological polar surface area (TPSA) is 68.0 Å². The number of benzene rings is 1. The summed E-state index contributed by atoms with van der Waals surface area (Å²) in [5.41, 5.74) is 9.02. The molecule has 0 aliphatic carbocycles. The molecule has 0 aliphatic rings. The lowest BCUT2D eigenvalue weighted by Gasteiger charge is -2.09. The van der Waals surface area contributed by atoms with Gasteiger partial charge in [0.05, 0.1) is 11.3 Å². The Morgan fingerprint density at radius 3 is 2.74 bits per heavy atom. The summed E-state index contributed by atoms with van der Waals surface area (Å²) in [6, 6.07) is 7.06. The average Bonchev–Trinajstić information content (AvgIpc) is 2.36. The number of hydrogen-bond donors (Lipinski definition) is 2. The second-order valence-corrected chi connectivity index (χ2v) is 4.75. The summed E-state index contributed by atoms with van der Waals surface area (Å²) < 4.78 is 0. The molecule has 1 amide bonds. The van der Waals surface area contributed by atoms with E-state index in [0.29, 0.717) is 16.9 Å². The number of pyridine rings is 1. The molecule has 98 valence electrons. The van der Waals surface area contributed by atoms with Crippen molar-refractivity contribution < 1.29 is 4.79 Å². The van der Waals surface area contributed by atoms with Crippen molar-refractivity contribution in [1.29, 1.82) is 0 Å². The van der Waals surface area contributed by atoms with Crippen LogP contribution < -0.4 is 11.1 Å². The quantitative estimate of drug-likeness (QED) is 0.653. The molecule has 0 fully saturated rings. The van der Waals surface area contributed by atoms with Crippen LogP contribution in [0, 0.1) is 13.8 Å². The van der Waals surface area contributed by atoms with Crippen LogP contribution >= 0.6 is 11.6 Å². The molecule has 0 saturated carbocycles. The van der Waals surface area contributed by atoms with Crippen molar-refractivity contribution in [2.24, 2.45) is 0 Å². The van der Waals surface area contributed by atoms with E-state index < -0.39 is 0 Å². The van der Waals surface area contributed by atoms with Gasteiger partial charge in [-0.15, -0.1) is 0 Å². The number of nitrogens with zero attached hydrogens (tertiary/aromatic N) is 1. The molecule has 0 atom stereocenters. The van der Waals surface area contributed by atoms with Gasteiger partial charge in [0, 0.05) is 11.9 Å². The van der Waals surface area contributed by atoms with Crippen molar-refractivity contribution in [1.82, 2.24) is 4.98 Å². The number of hydrogen-bond acceptors (Lipinski definition) is 3. The number of nitrogen functional groups attached to an aromatic ring is 1. The summed E-state index contributed by atoms with van der Waals surface area (Å²) in [5.74, 6) is -0.296. The number of carbonyl (C=O) groups excluding carboxylic acids is 1. The van der Waals surface area contributed by atoms with Gasteiger partial charge in [0.25, 0.3) is 5.91 Å². The summed E-state index contributed by atoms with van der Waals surface area (Å²) in [6.45, 7) is 3.78. The lowest BCUT2D eigenvalue weighted by atomic mass is 10.1. The van der Waals surface area contributed by atoms with Gasteiger partial charge >= 0.3 is 0 Å². The molecule has 1 aromatic heterocycles. The second-order valence-electron chi connectivity index (χ2n) is 4.40. The van der Waals surface area contributed by atoms with Gasteiger partial charge in [0.15, 0.2) is 5.15 Å². The standard InChI is InChI=1S/C14H14ClN3O/c1-8-3-4-11(16)10(5-8)14(19)18-12-6-9(2)7-17-13(12)15/h3-7H,16H2,1-2H3,(H,18,19). The van der Waals surface area contributed by atoms with Gasteiger partial charge in [0.1, 0.15) is 0 Å². The van der Waals surface area contributed by atoms with E-state index in [1.165, 1.54) is 0 Å². The zero-order valence-electron chi connectivity index (χ0n) is 10.7. The van der Waals surface area contributed by atoms with E-state index in [-0.39, 0.29) is 11.1 Å².